The number of aryl methyl sites for hydroxylation is 1. The van der Waals surface area contributed by atoms with E-state index in [0.717, 1.165) is 11.3 Å². The molecule has 0 bridgehead atoms. The van der Waals surface area contributed by atoms with E-state index >= 15 is 0 Å². The zero-order chi connectivity index (χ0) is 20.6. The number of nitrogens with zero attached hydrogens (tertiary/aromatic N) is 1. The molecule has 3 N–H and O–H groups in total. The lowest BCUT2D eigenvalue weighted by Crippen LogP contribution is -2.44. The van der Waals surface area contributed by atoms with Gasteiger partial charge in [0, 0.05) is 6.54 Å². The summed E-state index contributed by atoms with van der Waals surface area (Å²) in [7, 11) is 0. The minimum absolute atomic E-state index is 0. The van der Waals surface area contributed by atoms with E-state index in [0.29, 0.717) is 30.6 Å². The van der Waals surface area contributed by atoms with Crippen LogP contribution < -0.4 is 15.4 Å². The van der Waals surface area contributed by atoms with E-state index in [-0.39, 0.29) is 30.5 Å². The van der Waals surface area contributed by atoms with Crippen LogP contribution in [0.1, 0.15) is 30.9 Å². The summed E-state index contributed by atoms with van der Waals surface area (Å²) in [6, 6.07) is 10.4. The van der Waals surface area contributed by atoms with Crippen LogP contribution in [0.25, 0.3) is 0 Å². The number of hydrogen-bond donors (Lipinski definition) is 3. The van der Waals surface area contributed by atoms with Crippen LogP contribution >= 0.6 is 24.0 Å². The van der Waals surface area contributed by atoms with Crippen molar-refractivity contribution in [2.24, 2.45) is 4.99 Å². The number of aliphatic imine (C=N–C) groups is 1. The van der Waals surface area contributed by atoms with Crippen molar-refractivity contribution in [1.82, 2.24) is 10.6 Å². The molecule has 0 saturated heterocycles. The van der Waals surface area contributed by atoms with Crippen LogP contribution in [-0.4, -0.2) is 37.2 Å². The van der Waals surface area contributed by atoms with Crippen molar-refractivity contribution >= 4 is 29.9 Å². The summed E-state index contributed by atoms with van der Waals surface area (Å²) >= 11 is 0. The number of ether oxygens (including phenoxy) is 1. The number of benzene rings is 1. The molecule has 0 radical (unpaired) electrons. The van der Waals surface area contributed by atoms with Crippen molar-refractivity contribution in [3.05, 3.63) is 53.5 Å². The summed E-state index contributed by atoms with van der Waals surface area (Å²) in [6.07, 6.45) is -2.52. The second-order valence-corrected chi connectivity index (χ2v) is 6.58. The summed E-state index contributed by atoms with van der Waals surface area (Å²) in [5.74, 6) is 2.09. The number of aliphatic hydroxyl groups is 1. The van der Waals surface area contributed by atoms with Gasteiger partial charge < -0.3 is 24.9 Å². The van der Waals surface area contributed by atoms with Crippen molar-refractivity contribution in [2.75, 3.05) is 19.7 Å². The van der Waals surface area contributed by atoms with Gasteiger partial charge >= 0.3 is 0 Å². The Kier molecular flexibility index (Phi) is 10.4. The third-order valence-corrected chi connectivity index (χ3v) is 3.91. The van der Waals surface area contributed by atoms with Crippen LogP contribution in [-0.2, 0) is 12.1 Å². The Bertz CT molecular complexity index is 782. The summed E-state index contributed by atoms with van der Waals surface area (Å²) in [5.41, 5.74) is -0.384. The van der Waals surface area contributed by atoms with Crippen molar-refractivity contribution in [3.8, 4) is 5.75 Å². The van der Waals surface area contributed by atoms with E-state index in [9.17, 15) is 13.9 Å². The average molecular weight is 523 g/mol. The Morgan fingerprint density at radius 1 is 1.28 bits per heavy atom. The maximum Gasteiger partial charge on any atom is 0.272 e. The van der Waals surface area contributed by atoms with Gasteiger partial charge in [-0.3, -0.25) is 0 Å². The molecule has 0 aliphatic carbocycles. The highest BCUT2D eigenvalue weighted by atomic mass is 127. The predicted molar refractivity (Wildman–Crippen MR) is 119 cm³/mol. The SMILES string of the molecule is CCNC(=NCc1cccc(OCC(F)F)c1)NCC(C)(O)c1ccc(C)o1.I. The summed E-state index contributed by atoms with van der Waals surface area (Å²) in [6.45, 7) is 5.93. The highest BCUT2D eigenvalue weighted by Crippen LogP contribution is 2.22. The van der Waals surface area contributed by atoms with E-state index in [1.165, 1.54) is 0 Å². The Hall–Kier alpha value is -1.88. The monoisotopic (exact) mass is 523 g/mol. The fourth-order valence-corrected chi connectivity index (χ4v) is 2.47. The number of rotatable bonds is 9. The molecule has 0 aliphatic rings. The summed E-state index contributed by atoms with van der Waals surface area (Å²) in [4.78, 5) is 4.47. The van der Waals surface area contributed by atoms with E-state index < -0.39 is 18.6 Å². The van der Waals surface area contributed by atoms with Gasteiger partial charge in [0.15, 0.2) is 5.96 Å². The first-order valence-electron chi connectivity index (χ1n) is 9.11. The Morgan fingerprint density at radius 2 is 2.03 bits per heavy atom. The molecule has 1 atom stereocenters. The summed E-state index contributed by atoms with van der Waals surface area (Å²) < 4.78 is 35.1. The third-order valence-electron chi connectivity index (χ3n) is 3.91. The molecule has 6 nitrogen and oxygen atoms in total. The van der Waals surface area contributed by atoms with Gasteiger partial charge in [-0.25, -0.2) is 13.8 Å². The molecule has 0 spiro atoms. The predicted octanol–water partition coefficient (Wildman–Crippen LogP) is 3.81. The highest BCUT2D eigenvalue weighted by molar-refractivity contribution is 14.0. The molecule has 1 aromatic carbocycles. The molecule has 1 heterocycles. The Morgan fingerprint density at radius 3 is 2.66 bits per heavy atom. The quantitative estimate of drug-likeness (QED) is 0.265. The summed E-state index contributed by atoms with van der Waals surface area (Å²) in [5, 5.41) is 16.8. The first-order valence-corrected chi connectivity index (χ1v) is 9.11. The average Bonchev–Trinajstić information content (AvgIpc) is 3.10. The normalized spacial score (nSPS) is 13.6. The van der Waals surface area contributed by atoms with Gasteiger partial charge in [-0.15, -0.1) is 24.0 Å². The highest BCUT2D eigenvalue weighted by Gasteiger charge is 2.27. The van der Waals surface area contributed by atoms with E-state index in [1.807, 2.05) is 19.9 Å². The minimum Gasteiger partial charge on any atom is -0.488 e. The Balaban J connectivity index is 0.00000420. The van der Waals surface area contributed by atoms with Gasteiger partial charge in [0.1, 0.15) is 29.5 Å². The molecule has 0 fully saturated rings. The van der Waals surface area contributed by atoms with Crippen LogP contribution in [0.2, 0.25) is 0 Å². The molecule has 0 amide bonds. The van der Waals surface area contributed by atoms with Crippen LogP contribution in [0.15, 0.2) is 45.8 Å². The number of halogens is 3. The van der Waals surface area contributed by atoms with Gasteiger partial charge in [-0.05, 0) is 50.6 Å². The standard InChI is InChI=1S/C20H27F2N3O3.HI/c1-4-23-19(25-13-20(3,26)17-9-8-14(2)28-17)24-11-15-6-5-7-16(10-15)27-12-18(21)22;/h5-10,18,26H,4,11-13H2,1-3H3,(H2,23,24,25);1H. The van der Waals surface area contributed by atoms with Crippen molar-refractivity contribution in [1.29, 1.82) is 0 Å². The molecule has 1 unspecified atom stereocenters. The topological polar surface area (TPSA) is 79.0 Å². The van der Waals surface area contributed by atoms with Crippen molar-refractivity contribution in [2.45, 2.75) is 39.3 Å². The number of alkyl halides is 2. The lowest BCUT2D eigenvalue weighted by molar-refractivity contribution is 0.0378. The maximum absolute atomic E-state index is 12.3. The third kappa shape index (κ3) is 8.57. The fraction of sp³-hybridized carbons (Fsp3) is 0.450. The molecule has 2 aromatic rings. The van der Waals surface area contributed by atoms with E-state index in [2.05, 4.69) is 15.6 Å². The van der Waals surface area contributed by atoms with Crippen LogP contribution in [0.3, 0.4) is 0 Å². The Labute approximate surface area is 186 Å². The zero-order valence-electron chi connectivity index (χ0n) is 16.7. The van der Waals surface area contributed by atoms with Gasteiger partial charge in [0.25, 0.3) is 6.43 Å². The molecule has 1 aromatic heterocycles. The number of nitrogens with one attached hydrogen (secondary N) is 2. The molecule has 2 rings (SSSR count). The minimum atomic E-state index is -2.52. The lowest BCUT2D eigenvalue weighted by Gasteiger charge is -2.22. The molecule has 29 heavy (non-hydrogen) atoms. The van der Waals surface area contributed by atoms with Gasteiger partial charge in [-0.2, -0.15) is 0 Å². The molecule has 0 saturated carbocycles. The van der Waals surface area contributed by atoms with Gasteiger partial charge in [-0.1, -0.05) is 12.1 Å². The second-order valence-electron chi connectivity index (χ2n) is 6.58. The largest absolute Gasteiger partial charge is 0.488 e. The lowest BCUT2D eigenvalue weighted by atomic mass is 10.0. The smallest absolute Gasteiger partial charge is 0.272 e. The van der Waals surface area contributed by atoms with Crippen LogP contribution in [0, 0.1) is 6.92 Å². The zero-order valence-corrected chi connectivity index (χ0v) is 19.1. The molecular weight excluding hydrogens is 495 g/mol. The van der Waals surface area contributed by atoms with Crippen molar-refractivity contribution in [3.63, 3.8) is 0 Å². The van der Waals surface area contributed by atoms with Crippen LogP contribution in [0.4, 0.5) is 8.78 Å². The molecule has 9 heteroatoms. The number of hydrogen-bond acceptors (Lipinski definition) is 4. The van der Waals surface area contributed by atoms with Gasteiger partial charge in [0.05, 0.1) is 13.1 Å². The second kappa shape index (κ2) is 12.0. The first-order chi connectivity index (χ1) is 13.3. The molecule has 162 valence electrons. The van der Waals surface area contributed by atoms with E-state index in [1.54, 1.807) is 37.3 Å². The van der Waals surface area contributed by atoms with Crippen LogP contribution in [0.5, 0.6) is 5.75 Å². The van der Waals surface area contributed by atoms with E-state index in [4.69, 9.17) is 9.15 Å². The van der Waals surface area contributed by atoms with Crippen molar-refractivity contribution < 1.29 is 23.0 Å². The number of furan rings is 1. The molecular formula is C20H28F2IN3O3. The van der Waals surface area contributed by atoms with Gasteiger partial charge in [0.2, 0.25) is 0 Å². The first kappa shape index (κ1) is 25.2. The number of guanidine groups is 1. The maximum atomic E-state index is 12.3. The fourth-order valence-electron chi connectivity index (χ4n) is 2.47. The molecule has 0 aliphatic heterocycles.